The molecule has 2 rings (SSSR count). The lowest BCUT2D eigenvalue weighted by molar-refractivity contribution is 0.0779. The molecule has 0 aliphatic carbocycles. The van der Waals surface area contributed by atoms with Crippen molar-refractivity contribution in [1.29, 1.82) is 0 Å². The van der Waals surface area contributed by atoms with Crippen LogP contribution >= 0.6 is 15.9 Å². The maximum absolute atomic E-state index is 12.1. The van der Waals surface area contributed by atoms with Crippen molar-refractivity contribution in [3.63, 3.8) is 0 Å². The largest absolute Gasteiger partial charge is 0.396 e. The van der Waals surface area contributed by atoms with Gasteiger partial charge in [0.15, 0.2) is 0 Å². The molecular weight excluding hydrogens is 284 g/mol. The molecule has 2 heterocycles. The minimum atomic E-state index is -0.0158. The van der Waals surface area contributed by atoms with Crippen LogP contribution < -0.4 is 0 Å². The van der Waals surface area contributed by atoms with Crippen molar-refractivity contribution in [3.8, 4) is 0 Å². The van der Waals surface area contributed by atoms with Crippen molar-refractivity contribution in [2.45, 2.75) is 12.8 Å². The molecule has 1 N–H and O–H groups in total. The number of aliphatic hydroxyl groups excluding tert-OH is 1. The highest BCUT2D eigenvalue weighted by Gasteiger charge is 2.26. The van der Waals surface area contributed by atoms with Gasteiger partial charge in [0.1, 0.15) is 5.69 Å². The molecular formula is C12H15BrN2O2. The maximum Gasteiger partial charge on any atom is 0.272 e. The molecule has 1 aliphatic rings. The Kier molecular flexibility index (Phi) is 4.12. The molecule has 1 fully saturated rings. The van der Waals surface area contributed by atoms with Crippen LogP contribution in [-0.2, 0) is 0 Å². The van der Waals surface area contributed by atoms with Crippen molar-refractivity contribution in [2.24, 2.45) is 5.92 Å². The van der Waals surface area contributed by atoms with E-state index in [4.69, 9.17) is 5.11 Å². The standard InChI is InChI=1S/C12H15BrN2O2/c13-10-1-2-11(14-7-10)12(17)15-5-3-9(8-15)4-6-16/h1-2,7,9,16H,3-6,8H2. The molecule has 1 aromatic rings. The van der Waals surface area contributed by atoms with E-state index in [1.165, 1.54) is 0 Å². The van der Waals surface area contributed by atoms with Gasteiger partial charge in [0.05, 0.1) is 0 Å². The number of aromatic nitrogens is 1. The third-order valence-corrected chi connectivity index (χ3v) is 3.53. The van der Waals surface area contributed by atoms with Crippen LogP contribution in [-0.4, -0.2) is 40.6 Å². The highest BCUT2D eigenvalue weighted by atomic mass is 79.9. The second kappa shape index (κ2) is 5.60. The normalized spacial score (nSPS) is 19.6. The van der Waals surface area contributed by atoms with Gasteiger partial charge in [0.2, 0.25) is 0 Å². The summed E-state index contributed by atoms with van der Waals surface area (Å²) < 4.78 is 0.869. The van der Waals surface area contributed by atoms with Crippen LogP contribution in [0.2, 0.25) is 0 Å². The van der Waals surface area contributed by atoms with Crippen molar-refractivity contribution >= 4 is 21.8 Å². The number of likely N-dealkylation sites (tertiary alicyclic amines) is 1. The molecule has 0 saturated carbocycles. The molecule has 1 saturated heterocycles. The second-order valence-electron chi connectivity index (χ2n) is 4.28. The SMILES string of the molecule is O=C(c1ccc(Br)cn1)N1CCC(CCO)C1. The number of amides is 1. The summed E-state index contributed by atoms with van der Waals surface area (Å²) in [5.74, 6) is 0.414. The summed E-state index contributed by atoms with van der Waals surface area (Å²) in [5.41, 5.74) is 0.484. The number of pyridine rings is 1. The van der Waals surface area contributed by atoms with Crippen LogP contribution in [0.15, 0.2) is 22.8 Å². The summed E-state index contributed by atoms with van der Waals surface area (Å²) in [7, 11) is 0. The topological polar surface area (TPSA) is 53.4 Å². The Labute approximate surface area is 109 Å². The van der Waals surface area contributed by atoms with E-state index in [2.05, 4.69) is 20.9 Å². The first kappa shape index (κ1) is 12.5. The van der Waals surface area contributed by atoms with E-state index in [1.807, 2.05) is 11.0 Å². The average Bonchev–Trinajstić information content (AvgIpc) is 2.78. The van der Waals surface area contributed by atoms with Gasteiger partial charge >= 0.3 is 0 Å². The monoisotopic (exact) mass is 298 g/mol. The van der Waals surface area contributed by atoms with Gasteiger partial charge in [-0.25, -0.2) is 4.98 Å². The number of carbonyl (C=O) groups excluding carboxylic acids is 1. The first-order valence-corrected chi connectivity index (χ1v) is 6.51. The Morgan fingerprint density at radius 3 is 3.06 bits per heavy atom. The number of rotatable bonds is 3. The van der Waals surface area contributed by atoms with Gasteiger partial charge in [-0.1, -0.05) is 0 Å². The summed E-state index contributed by atoms with van der Waals surface area (Å²) >= 11 is 3.29. The van der Waals surface area contributed by atoms with E-state index in [9.17, 15) is 4.79 Å². The molecule has 1 aliphatic heterocycles. The van der Waals surface area contributed by atoms with Crippen LogP contribution in [0.5, 0.6) is 0 Å². The van der Waals surface area contributed by atoms with E-state index in [1.54, 1.807) is 12.3 Å². The van der Waals surface area contributed by atoms with Crippen LogP contribution in [0.1, 0.15) is 23.3 Å². The number of aliphatic hydroxyl groups is 1. The lowest BCUT2D eigenvalue weighted by Gasteiger charge is -2.15. The molecule has 1 amide bonds. The number of halogens is 1. The van der Waals surface area contributed by atoms with E-state index in [0.717, 1.165) is 30.4 Å². The molecule has 1 unspecified atom stereocenters. The zero-order chi connectivity index (χ0) is 12.3. The quantitative estimate of drug-likeness (QED) is 0.924. The molecule has 92 valence electrons. The zero-order valence-corrected chi connectivity index (χ0v) is 11.1. The smallest absolute Gasteiger partial charge is 0.272 e. The predicted molar refractivity (Wildman–Crippen MR) is 67.7 cm³/mol. The van der Waals surface area contributed by atoms with Crippen LogP contribution in [0, 0.1) is 5.92 Å². The fourth-order valence-electron chi connectivity index (χ4n) is 2.10. The Balaban J connectivity index is 1.99. The Bertz CT molecular complexity index is 394. The predicted octanol–water partition coefficient (Wildman–Crippen LogP) is 1.69. The van der Waals surface area contributed by atoms with Crippen LogP contribution in [0.3, 0.4) is 0 Å². The van der Waals surface area contributed by atoms with Gasteiger partial charge in [0, 0.05) is 30.4 Å². The maximum atomic E-state index is 12.1. The molecule has 0 radical (unpaired) electrons. The van der Waals surface area contributed by atoms with Crippen molar-refractivity contribution < 1.29 is 9.90 Å². The first-order valence-electron chi connectivity index (χ1n) is 5.72. The third kappa shape index (κ3) is 3.04. The fourth-order valence-corrected chi connectivity index (χ4v) is 2.33. The van der Waals surface area contributed by atoms with Crippen LogP contribution in [0.25, 0.3) is 0 Å². The van der Waals surface area contributed by atoms with E-state index in [0.29, 0.717) is 11.6 Å². The summed E-state index contributed by atoms with van der Waals surface area (Å²) in [6.45, 7) is 1.70. The molecule has 17 heavy (non-hydrogen) atoms. The van der Waals surface area contributed by atoms with Gasteiger partial charge in [-0.2, -0.15) is 0 Å². The summed E-state index contributed by atoms with van der Waals surface area (Å²) in [6, 6.07) is 3.55. The lowest BCUT2D eigenvalue weighted by atomic mass is 10.1. The molecule has 1 aromatic heterocycles. The summed E-state index contributed by atoms with van der Waals surface area (Å²) in [5, 5.41) is 8.88. The van der Waals surface area contributed by atoms with E-state index < -0.39 is 0 Å². The van der Waals surface area contributed by atoms with Crippen molar-refractivity contribution in [3.05, 3.63) is 28.5 Å². The number of carbonyl (C=O) groups is 1. The van der Waals surface area contributed by atoms with Gasteiger partial charge in [-0.05, 0) is 46.8 Å². The first-order chi connectivity index (χ1) is 8.20. The summed E-state index contributed by atoms with van der Waals surface area (Å²) in [4.78, 5) is 18.0. The van der Waals surface area contributed by atoms with Gasteiger partial charge in [-0.15, -0.1) is 0 Å². The fraction of sp³-hybridized carbons (Fsp3) is 0.500. The van der Waals surface area contributed by atoms with Crippen molar-refractivity contribution in [2.75, 3.05) is 19.7 Å². The van der Waals surface area contributed by atoms with Gasteiger partial charge in [0.25, 0.3) is 5.91 Å². The number of hydrogen-bond acceptors (Lipinski definition) is 3. The highest BCUT2D eigenvalue weighted by molar-refractivity contribution is 9.10. The molecule has 5 heteroatoms. The Hall–Kier alpha value is -0.940. The number of nitrogens with zero attached hydrogens (tertiary/aromatic N) is 2. The Morgan fingerprint density at radius 1 is 1.59 bits per heavy atom. The lowest BCUT2D eigenvalue weighted by Crippen LogP contribution is -2.29. The molecule has 0 bridgehead atoms. The minimum absolute atomic E-state index is 0.0158. The van der Waals surface area contributed by atoms with Gasteiger partial charge in [-0.3, -0.25) is 4.79 Å². The van der Waals surface area contributed by atoms with Crippen LogP contribution in [0.4, 0.5) is 0 Å². The number of hydrogen-bond donors (Lipinski definition) is 1. The minimum Gasteiger partial charge on any atom is -0.396 e. The summed E-state index contributed by atoms with van der Waals surface area (Å²) in [6.07, 6.45) is 3.38. The third-order valence-electron chi connectivity index (χ3n) is 3.06. The average molecular weight is 299 g/mol. The zero-order valence-electron chi connectivity index (χ0n) is 9.47. The van der Waals surface area contributed by atoms with Crippen molar-refractivity contribution in [1.82, 2.24) is 9.88 Å². The molecule has 0 spiro atoms. The molecule has 1 atom stereocenters. The van der Waals surface area contributed by atoms with E-state index >= 15 is 0 Å². The highest BCUT2D eigenvalue weighted by Crippen LogP contribution is 2.21. The molecule has 4 nitrogen and oxygen atoms in total. The van der Waals surface area contributed by atoms with E-state index in [-0.39, 0.29) is 12.5 Å². The van der Waals surface area contributed by atoms with Gasteiger partial charge < -0.3 is 10.0 Å². The molecule has 0 aromatic carbocycles. The second-order valence-corrected chi connectivity index (χ2v) is 5.20. The Morgan fingerprint density at radius 2 is 2.41 bits per heavy atom.